The summed E-state index contributed by atoms with van der Waals surface area (Å²) in [6.07, 6.45) is 5.62. The molecule has 3 aliphatic rings. The second kappa shape index (κ2) is 6.89. The molecule has 0 aromatic carbocycles. The first-order valence-electron chi connectivity index (χ1n) is 10.5. The van der Waals surface area contributed by atoms with Crippen molar-refractivity contribution >= 4 is 0 Å². The maximum absolute atomic E-state index is 2.83. The van der Waals surface area contributed by atoms with E-state index in [1.54, 1.807) is 0 Å². The molecule has 3 nitrogen and oxygen atoms in total. The summed E-state index contributed by atoms with van der Waals surface area (Å²) in [4.78, 5) is 8.24. The zero-order valence-electron chi connectivity index (χ0n) is 17.1. The van der Waals surface area contributed by atoms with E-state index < -0.39 is 0 Å². The van der Waals surface area contributed by atoms with Crippen LogP contribution in [0.3, 0.4) is 0 Å². The molecule has 24 heavy (non-hydrogen) atoms. The van der Waals surface area contributed by atoms with Gasteiger partial charge < -0.3 is 4.90 Å². The minimum absolute atomic E-state index is 0.359. The molecule has 3 saturated heterocycles. The Morgan fingerprint density at radius 2 is 1.29 bits per heavy atom. The van der Waals surface area contributed by atoms with Crippen LogP contribution in [0.4, 0.5) is 0 Å². The van der Waals surface area contributed by atoms with Gasteiger partial charge in [0.25, 0.3) is 0 Å². The van der Waals surface area contributed by atoms with Crippen molar-refractivity contribution in [1.29, 1.82) is 0 Å². The van der Waals surface area contributed by atoms with Crippen molar-refractivity contribution in [2.24, 2.45) is 11.8 Å². The lowest BCUT2D eigenvalue weighted by molar-refractivity contribution is -0.0378. The third-order valence-electron chi connectivity index (χ3n) is 7.81. The molecule has 140 valence electrons. The van der Waals surface area contributed by atoms with Gasteiger partial charge in [0.1, 0.15) is 0 Å². The van der Waals surface area contributed by atoms with E-state index in [-0.39, 0.29) is 0 Å². The molecule has 0 radical (unpaired) electrons. The summed E-state index contributed by atoms with van der Waals surface area (Å²) in [5.74, 6) is 1.67. The second-order valence-electron chi connectivity index (χ2n) is 10.0. The van der Waals surface area contributed by atoms with Crippen LogP contribution >= 0.6 is 0 Å². The minimum atomic E-state index is 0.359. The summed E-state index contributed by atoms with van der Waals surface area (Å²) in [5.41, 5.74) is 0.729. The Bertz CT molecular complexity index is 417. The molecule has 3 heteroatoms. The number of nitrogens with zero attached hydrogens (tertiary/aromatic N) is 3. The van der Waals surface area contributed by atoms with Crippen LogP contribution in [0.15, 0.2) is 0 Å². The van der Waals surface area contributed by atoms with Crippen LogP contribution in [-0.2, 0) is 0 Å². The fourth-order valence-corrected chi connectivity index (χ4v) is 5.23. The average molecular weight is 336 g/mol. The molecule has 3 aliphatic heterocycles. The fourth-order valence-electron chi connectivity index (χ4n) is 5.23. The first kappa shape index (κ1) is 18.7. The standard InChI is InChI=1S/C21H41N3/c1-17(2)22-14-19(15-22)21(5,6)24-13-10-18(16-24)20(3,4)23-11-8-7-9-12-23/h17-19H,7-16H2,1-6H3. The zero-order valence-corrected chi connectivity index (χ0v) is 17.1. The van der Waals surface area contributed by atoms with Gasteiger partial charge in [-0.2, -0.15) is 0 Å². The molecular formula is C21H41N3. The number of hydrogen-bond donors (Lipinski definition) is 0. The van der Waals surface area contributed by atoms with Gasteiger partial charge in [-0.1, -0.05) is 6.42 Å². The Morgan fingerprint density at radius 3 is 1.88 bits per heavy atom. The van der Waals surface area contributed by atoms with Crippen LogP contribution in [0, 0.1) is 11.8 Å². The summed E-state index contributed by atoms with van der Waals surface area (Å²) in [6, 6.07) is 0.710. The average Bonchev–Trinajstić information content (AvgIpc) is 2.97. The van der Waals surface area contributed by atoms with Crippen LogP contribution in [0.2, 0.25) is 0 Å². The molecule has 0 aromatic heterocycles. The number of piperidine rings is 1. The van der Waals surface area contributed by atoms with Gasteiger partial charge in [0.15, 0.2) is 0 Å². The van der Waals surface area contributed by atoms with E-state index in [0.717, 1.165) is 11.8 Å². The van der Waals surface area contributed by atoms with E-state index in [0.29, 0.717) is 17.1 Å². The van der Waals surface area contributed by atoms with E-state index in [1.807, 2.05) is 0 Å². The van der Waals surface area contributed by atoms with Crippen molar-refractivity contribution in [2.75, 3.05) is 39.3 Å². The summed E-state index contributed by atoms with van der Waals surface area (Å²) in [6.45, 7) is 22.5. The molecule has 1 atom stereocenters. The fraction of sp³-hybridized carbons (Fsp3) is 1.00. The zero-order chi connectivity index (χ0) is 17.5. The van der Waals surface area contributed by atoms with E-state index in [4.69, 9.17) is 0 Å². The highest BCUT2D eigenvalue weighted by Gasteiger charge is 2.48. The molecule has 0 aliphatic carbocycles. The van der Waals surface area contributed by atoms with Crippen molar-refractivity contribution in [1.82, 2.24) is 14.7 Å². The van der Waals surface area contributed by atoms with Gasteiger partial charge in [0.2, 0.25) is 0 Å². The number of rotatable bonds is 5. The molecule has 3 rings (SSSR count). The number of hydrogen-bond acceptors (Lipinski definition) is 3. The topological polar surface area (TPSA) is 9.72 Å². The van der Waals surface area contributed by atoms with Gasteiger partial charge in [-0.15, -0.1) is 0 Å². The van der Waals surface area contributed by atoms with E-state index in [1.165, 1.54) is 65.0 Å². The van der Waals surface area contributed by atoms with Gasteiger partial charge in [-0.05, 0) is 86.4 Å². The lowest BCUT2D eigenvalue weighted by Gasteiger charge is -2.53. The van der Waals surface area contributed by atoms with E-state index in [9.17, 15) is 0 Å². The molecule has 0 saturated carbocycles. The Morgan fingerprint density at radius 1 is 0.708 bits per heavy atom. The Labute approximate surface area is 150 Å². The Balaban J connectivity index is 1.58. The van der Waals surface area contributed by atoms with Gasteiger partial charge in [0, 0.05) is 42.7 Å². The first-order valence-corrected chi connectivity index (χ1v) is 10.5. The summed E-state index contributed by atoms with van der Waals surface area (Å²) >= 11 is 0. The van der Waals surface area contributed by atoms with Crippen LogP contribution < -0.4 is 0 Å². The van der Waals surface area contributed by atoms with Gasteiger partial charge in [-0.25, -0.2) is 0 Å². The summed E-state index contributed by atoms with van der Waals surface area (Å²) in [7, 11) is 0. The molecule has 3 fully saturated rings. The third-order valence-corrected chi connectivity index (χ3v) is 7.81. The monoisotopic (exact) mass is 335 g/mol. The van der Waals surface area contributed by atoms with Crippen molar-refractivity contribution < 1.29 is 0 Å². The molecule has 0 bridgehead atoms. The maximum atomic E-state index is 2.83. The van der Waals surface area contributed by atoms with Gasteiger partial charge in [0.05, 0.1) is 0 Å². The highest BCUT2D eigenvalue weighted by Crippen LogP contribution is 2.40. The highest BCUT2D eigenvalue weighted by atomic mass is 15.3. The predicted octanol–water partition coefficient (Wildman–Crippen LogP) is 3.69. The lowest BCUT2D eigenvalue weighted by atomic mass is 9.79. The van der Waals surface area contributed by atoms with Crippen LogP contribution in [0.5, 0.6) is 0 Å². The van der Waals surface area contributed by atoms with E-state index >= 15 is 0 Å². The van der Waals surface area contributed by atoms with Crippen molar-refractivity contribution in [3.63, 3.8) is 0 Å². The second-order valence-corrected chi connectivity index (χ2v) is 10.0. The quantitative estimate of drug-likeness (QED) is 0.758. The molecule has 0 amide bonds. The van der Waals surface area contributed by atoms with Gasteiger partial charge in [-0.3, -0.25) is 9.80 Å². The number of likely N-dealkylation sites (tertiary alicyclic amines) is 3. The van der Waals surface area contributed by atoms with Crippen molar-refractivity contribution in [3.8, 4) is 0 Å². The Hall–Kier alpha value is -0.120. The summed E-state index contributed by atoms with van der Waals surface area (Å²) in [5, 5.41) is 0. The van der Waals surface area contributed by atoms with Crippen LogP contribution in [0.25, 0.3) is 0 Å². The minimum Gasteiger partial charge on any atom is -0.300 e. The molecule has 1 unspecified atom stereocenters. The smallest absolute Gasteiger partial charge is 0.0205 e. The highest BCUT2D eigenvalue weighted by molar-refractivity contribution is 5.03. The largest absolute Gasteiger partial charge is 0.300 e. The Kier molecular flexibility index (Phi) is 5.36. The maximum Gasteiger partial charge on any atom is 0.0205 e. The van der Waals surface area contributed by atoms with Crippen LogP contribution in [-0.4, -0.2) is 71.1 Å². The lowest BCUT2D eigenvalue weighted by Crippen LogP contribution is -2.63. The SMILES string of the molecule is CC(C)N1CC(C(C)(C)N2CCC(C(C)(C)N3CCCCC3)C2)C1. The van der Waals surface area contributed by atoms with Crippen molar-refractivity contribution in [2.45, 2.75) is 84.3 Å². The third kappa shape index (κ3) is 3.41. The van der Waals surface area contributed by atoms with Crippen molar-refractivity contribution in [3.05, 3.63) is 0 Å². The van der Waals surface area contributed by atoms with Crippen LogP contribution in [0.1, 0.15) is 67.2 Å². The molecule has 0 N–H and O–H groups in total. The normalized spacial score (nSPS) is 29.4. The molecule has 0 aromatic rings. The molecule has 0 spiro atoms. The molecule has 3 heterocycles. The first-order chi connectivity index (χ1) is 11.2. The molecular weight excluding hydrogens is 294 g/mol. The summed E-state index contributed by atoms with van der Waals surface area (Å²) < 4.78 is 0. The van der Waals surface area contributed by atoms with Gasteiger partial charge >= 0.3 is 0 Å². The predicted molar refractivity (Wildman–Crippen MR) is 103 cm³/mol. The van der Waals surface area contributed by atoms with E-state index in [2.05, 4.69) is 56.2 Å².